The Morgan fingerprint density at radius 2 is 1.82 bits per heavy atom. The molecule has 5 heteroatoms. The lowest BCUT2D eigenvalue weighted by molar-refractivity contribution is 0.0713. The van der Waals surface area contributed by atoms with Crippen LogP contribution in [0.15, 0.2) is 34.7 Å². The molecule has 0 bridgehead atoms. The second kappa shape index (κ2) is 5.83. The molecule has 1 amide bonds. The fourth-order valence-electron chi connectivity index (χ4n) is 2.69. The van der Waals surface area contributed by atoms with Gasteiger partial charge in [-0.15, -0.1) is 0 Å². The third-order valence-electron chi connectivity index (χ3n) is 4.14. The van der Waals surface area contributed by atoms with Crippen LogP contribution < -0.4 is 4.90 Å². The molecule has 0 atom stereocenters. The zero-order chi connectivity index (χ0) is 15.7. The van der Waals surface area contributed by atoms with E-state index in [1.807, 2.05) is 24.8 Å². The Bertz CT molecular complexity index is 668. The molecule has 0 radical (unpaired) electrons. The van der Waals surface area contributed by atoms with Crippen molar-refractivity contribution in [1.82, 2.24) is 4.90 Å². The zero-order valence-corrected chi connectivity index (χ0v) is 12.8. The van der Waals surface area contributed by atoms with E-state index in [1.165, 1.54) is 6.07 Å². The summed E-state index contributed by atoms with van der Waals surface area (Å²) in [4.78, 5) is 16.1. The Kier molecular flexibility index (Phi) is 3.88. The molecular weight excluding hydrogens is 283 g/mol. The summed E-state index contributed by atoms with van der Waals surface area (Å²) in [5.74, 6) is 0.839. The van der Waals surface area contributed by atoms with Crippen LogP contribution in [0.3, 0.4) is 0 Å². The highest BCUT2D eigenvalue weighted by Gasteiger charge is 2.25. The number of aryl methyl sites for hydroxylation is 2. The number of rotatable bonds is 2. The van der Waals surface area contributed by atoms with Crippen LogP contribution in [-0.4, -0.2) is 37.0 Å². The average Bonchev–Trinajstić information content (AvgIpc) is 2.87. The molecule has 2 heterocycles. The van der Waals surface area contributed by atoms with Crippen molar-refractivity contribution in [2.45, 2.75) is 13.8 Å². The summed E-state index contributed by atoms with van der Waals surface area (Å²) < 4.78 is 19.3. The van der Waals surface area contributed by atoms with Crippen molar-refractivity contribution in [3.8, 4) is 0 Å². The maximum atomic E-state index is 13.8. The molecule has 0 unspecified atom stereocenters. The largest absolute Gasteiger partial charge is 0.456 e. The van der Waals surface area contributed by atoms with Gasteiger partial charge in [-0.3, -0.25) is 4.79 Å². The van der Waals surface area contributed by atoms with Crippen molar-refractivity contribution in [2.75, 3.05) is 31.1 Å². The number of para-hydroxylation sites is 1. The molecule has 3 rings (SSSR count). The van der Waals surface area contributed by atoms with Crippen molar-refractivity contribution in [2.24, 2.45) is 0 Å². The minimum absolute atomic E-state index is 0.0932. The molecule has 0 saturated carbocycles. The third-order valence-corrected chi connectivity index (χ3v) is 4.14. The van der Waals surface area contributed by atoms with Crippen LogP contribution >= 0.6 is 0 Å². The van der Waals surface area contributed by atoms with Crippen LogP contribution in [-0.2, 0) is 0 Å². The van der Waals surface area contributed by atoms with E-state index in [1.54, 1.807) is 23.1 Å². The smallest absolute Gasteiger partial charge is 0.289 e. The lowest BCUT2D eigenvalue weighted by Crippen LogP contribution is -2.49. The summed E-state index contributed by atoms with van der Waals surface area (Å²) in [5.41, 5.74) is 1.58. The summed E-state index contributed by atoms with van der Waals surface area (Å²) in [6.07, 6.45) is 0. The van der Waals surface area contributed by atoms with Gasteiger partial charge in [-0.1, -0.05) is 12.1 Å². The maximum absolute atomic E-state index is 13.8. The first-order valence-corrected chi connectivity index (χ1v) is 7.42. The highest BCUT2D eigenvalue weighted by atomic mass is 19.1. The van der Waals surface area contributed by atoms with E-state index in [2.05, 4.69) is 0 Å². The Morgan fingerprint density at radius 1 is 1.14 bits per heavy atom. The van der Waals surface area contributed by atoms with Crippen molar-refractivity contribution in [3.63, 3.8) is 0 Å². The van der Waals surface area contributed by atoms with E-state index in [-0.39, 0.29) is 11.7 Å². The van der Waals surface area contributed by atoms with Crippen molar-refractivity contribution >= 4 is 11.6 Å². The number of hydrogen-bond acceptors (Lipinski definition) is 3. The summed E-state index contributed by atoms with van der Waals surface area (Å²) in [5, 5.41) is 0. The molecule has 1 aromatic carbocycles. The number of carbonyl (C=O) groups excluding carboxylic acids is 1. The molecule has 0 spiro atoms. The lowest BCUT2D eigenvalue weighted by Gasteiger charge is -2.35. The number of carbonyl (C=O) groups is 1. The van der Waals surface area contributed by atoms with Gasteiger partial charge in [-0.25, -0.2) is 4.39 Å². The molecule has 22 heavy (non-hydrogen) atoms. The van der Waals surface area contributed by atoms with E-state index < -0.39 is 0 Å². The van der Waals surface area contributed by atoms with E-state index in [0.717, 1.165) is 11.3 Å². The summed E-state index contributed by atoms with van der Waals surface area (Å²) in [6.45, 7) is 6.13. The molecule has 1 aliphatic rings. The third kappa shape index (κ3) is 2.71. The first-order chi connectivity index (χ1) is 10.6. The standard InChI is InChI=1S/C17H19FN2O2/c1-12-11-16(22-13(12)2)17(21)20-9-7-19(8-10-20)15-6-4-3-5-14(15)18/h3-6,11H,7-10H2,1-2H3. The van der Waals surface area contributed by atoms with Gasteiger partial charge in [0.2, 0.25) is 0 Å². The molecule has 116 valence electrons. The van der Waals surface area contributed by atoms with Crippen molar-refractivity contribution in [1.29, 1.82) is 0 Å². The summed E-state index contributed by atoms with van der Waals surface area (Å²) >= 11 is 0. The van der Waals surface area contributed by atoms with Crippen LogP contribution in [0.25, 0.3) is 0 Å². The van der Waals surface area contributed by atoms with Gasteiger partial charge in [0.15, 0.2) is 5.76 Å². The van der Waals surface area contributed by atoms with Crippen LogP contribution in [0.5, 0.6) is 0 Å². The first kappa shape index (κ1) is 14.6. The van der Waals surface area contributed by atoms with E-state index in [0.29, 0.717) is 37.6 Å². The SMILES string of the molecule is Cc1cc(C(=O)N2CCN(c3ccccc3F)CC2)oc1C. The molecule has 1 fully saturated rings. The van der Waals surface area contributed by atoms with E-state index in [4.69, 9.17) is 4.42 Å². The van der Waals surface area contributed by atoms with Gasteiger partial charge in [-0.2, -0.15) is 0 Å². The number of piperazine rings is 1. The highest BCUT2D eigenvalue weighted by molar-refractivity contribution is 5.92. The molecule has 0 N–H and O–H groups in total. The number of halogens is 1. The second-order valence-corrected chi connectivity index (χ2v) is 5.58. The Hall–Kier alpha value is -2.30. The van der Waals surface area contributed by atoms with Crippen LogP contribution in [0.1, 0.15) is 21.9 Å². The lowest BCUT2D eigenvalue weighted by atomic mass is 10.2. The van der Waals surface area contributed by atoms with Crippen molar-refractivity contribution < 1.29 is 13.6 Å². The van der Waals surface area contributed by atoms with Gasteiger partial charge >= 0.3 is 0 Å². The molecule has 4 nitrogen and oxygen atoms in total. The van der Waals surface area contributed by atoms with Gasteiger partial charge in [0.05, 0.1) is 5.69 Å². The topological polar surface area (TPSA) is 36.7 Å². The van der Waals surface area contributed by atoms with Gasteiger partial charge in [-0.05, 0) is 37.6 Å². The number of hydrogen-bond donors (Lipinski definition) is 0. The predicted octanol–water partition coefficient (Wildman–Crippen LogP) is 3.00. The number of amides is 1. The zero-order valence-electron chi connectivity index (χ0n) is 12.8. The quantitative estimate of drug-likeness (QED) is 0.855. The minimum atomic E-state index is -0.223. The number of benzene rings is 1. The number of anilines is 1. The van der Waals surface area contributed by atoms with Crippen molar-refractivity contribution in [3.05, 3.63) is 53.2 Å². The summed E-state index contributed by atoms with van der Waals surface area (Å²) in [6, 6.07) is 8.51. The highest BCUT2D eigenvalue weighted by Crippen LogP contribution is 2.21. The second-order valence-electron chi connectivity index (χ2n) is 5.58. The van der Waals surface area contributed by atoms with Crippen LogP contribution in [0.2, 0.25) is 0 Å². The Morgan fingerprint density at radius 3 is 2.41 bits per heavy atom. The number of furan rings is 1. The fourth-order valence-corrected chi connectivity index (χ4v) is 2.69. The molecule has 1 aliphatic heterocycles. The Balaban J connectivity index is 1.67. The van der Waals surface area contributed by atoms with Gasteiger partial charge in [0.25, 0.3) is 5.91 Å². The maximum Gasteiger partial charge on any atom is 0.289 e. The predicted molar refractivity (Wildman–Crippen MR) is 82.7 cm³/mol. The minimum Gasteiger partial charge on any atom is -0.456 e. The van der Waals surface area contributed by atoms with Crippen LogP contribution in [0, 0.1) is 19.7 Å². The molecule has 0 aliphatic carbocycles. The monoisotopic (exact) mass is 302 g/mol. The van der Waals surface area contributed by atoms with E-state index in [9.17, 15) is 9.18 Å². The molecule has 1 saturated heterocycles. The van der Waals surface area contributed by atoms with Gasteiger partial charge < -0.3 is 14.2 Å². The molecule has 1 aromatic heterocycles. The summed E-state index contributed by atoms with van der Waals surface area (Å²) in [7, 11) is 0. The normalized spacial score (nSPS) is 15.2. The number of nitrogens with zero attached hydrogens (tertiary/aromatic N) is 2. The first-order valence-electron chi connectivity index (χ1n) is 7.42. The molecular formula is C17H19FN2O2. The Labute approximate surface area is 129 Å². The van der Waals surface area contributed by atoms with Gasteiger partial charge in [0.1, 0.15) is 11.6 Å². The fraction of sp³-hybridized carbons (Fsp3) is 0.353. The average molecular weight is 302 g/mol. The van der Waals surface area contributed by atoms with Gasteiger partial charge in [0, 0.05) is 26.2 Å². The van der Waals surface area contributed by atoms with Crippen LogP contribution in [0.4, 0.5) is 10.1 Å². The molecule has 2 aromatic rings. The van der Waals surface area contributed by atoms with E-state index >= 15 is 0 Å².